The molecule has 1 aliphatic rings. The average Bonchev–Trinajstić information content (AvgIpc) is 3.08. The Morgan fingerprint density at radius 3 is 2.79 bits per heavy atom. The highest BCUT2D eigenvalue weighted by Gasteiger charge is 2.22. The molecule has 0 saturated carbocycles. The first-order valence-electron chi connectivity index (χ1n) is 8.23. The quantitative estimate of drug-likeness (QED) is 0.896. The number of nitrogens with one attached hydrogen (secondary N) is 1. The lowest BCUT2D eigenvalue weighted by Crippen LogP contribution is -2.47. The largest absolute Gasteiger partial charge is 0.353 e. The van der Waals surface area contributed by atoms with Crippen molar-refractivity contribution in [3.63, 3.8) is 0 Å². The first kappa shape index (κ1) is 16.7. The van der Waals surface area contributed by atoms with E-state index >= 15 is 0 Å². The second-order valence-corrected chi connectivity index (χ2v) is 6.74. The molecule has 3 rings (SSSR count). The number of hydrogen-bond acceptors (Lipinski definition) is 6. The predicted molar refractivity (Wildman–Crippen MR) is 95.6 cm³/mol. The van der Waals surface area contributed by atoms with Crippen LogP contribution in [0.2, 0.25) is 0 Å². The third-order valence-electron chi connectivity index (χ3n) is 4.22. The van der Waals surface area contributed by atoms with Gasteiger partial charge in [-0.1, -0.05) is 6.92 Å². The van der Waals surface area contributed by atoms with Crippen LogP contribution in [0.3, 0.4) is 0 Å². The van der Waals surface area contributed by atoms with Crippen LogP contribution >= 0.6 is 11.3 Å². The van der Waals surface area contributed by atoms with Gasteiger partial charge in [0, 0.05) is 32.6 Å². The smallest absolute Gasteiger partial charge is 0.271 e. The second-order valence-electron chi connectivity index (χ2n) is 5.96. The van der Waals surface area contributed by atoms with E-state index in [0.29, 0.717) is 18.1 Å². The van der Waals surface area contributed by atoms with Gasteiger partial charge in [-0.3, -0.25) is 9.69 Å². The number of aromatic amines is 1. The van der Waals surface area contributed by atoms with E-state index in [2.05, 4.69) is 26.7 Å². The molecule has 6 nitrogen and oxygen atoms in total. The predicted octanol–water partition coefficient (Wildman–Crippen LogP) is 1.83. The Bertz CT molecular complexity index is 769. The maximum atomic E-state index is 12.3. The van der Waals surface area contributed by atoms with Crippen molar-refractivity contribution in [3.05, 3.63) is 44.1 Å². The summed E-state index contributed by atoms with van der Waals surface area (Å²) in [5.41, 5.74) is 0.892. The Morgan fingerprint density at radius 2 is 2.17 bits per heavy atom. The van der Waals surface area contributed by atoms with Crippen LogP contribution < -0.4 is 10.5 Å². The summed E-state index contributed by atoms with van der Waals surface area (Å²) in [5, 5.41) is 13.4. The third-order valence-corrected chi connectivity index (χ3v) is 4.96. The van der Waals surface area contributed by atoms with Crippen LogP contribution in [0.4, 0.5) is 5.82 Å². The highest BCUT2D eigenvalue weighted by molar-refractivity contribution is 7.07. The number of H-pyrrole nitrogens is 1. The normalized spacial score (nSPS) is 15.4. The monoisotopic (exact) mass is 343 g/mol. The number of nitrogens with zero attached hydrogens (tertiary/aromatic N) is 4. The van der Waals surface area contributed by atoms with Crippen LogP contribution in [0.25, 0.3) is 0 Å². The molecule has 0 aromatic carbocycles. The molecule has 0 bridgehead atoms. The van der Waals surface area contributed by atoms with Gasteiger partial charge in [-0.2, -0.15) is 16.6 Å². The summed E-state index contributed by atoms with van der Waals surface area (Å²) in [4.78, 5) is 24.1. The molecule has 7 heteroatoms. The van der Waals surface area contributed by atoms with Gasteiger partial charge in [0.15, 0.2) is 11.4 Å². The van der Waals surface area contributed by atoms with Gasteiger partial charge in [0.05, 0.1) is 0 Å². The van der Waals surface area contributed by atoms with Gasteiger partial charge in [0.1, 0.15) is 11.9 Å². The van der Waals surface area contributed by atoms with E-state index in [1.54, 1.807) is 11.3 Å². The fourth-order valence-electron chi connectivity index (χ4n) is 3.01. The lowest BCUT2D eigenvalue weighted by molar-refractivity contribution is 0.258. The number of nitriles is 1. The minimum atomic E-state index is -0.344. The van der Waals surface area contributed by atoms with Crippen LogP contribution in [-0.2, 0) is 6.42 Å². The summed E-state index contributed by atoms with van der Waals surface area (Å²) in [5.74, 6) is 1.14. The van der Waals surface area contributed by atoms with Crippen molar-refractivity contribution < 1.29 is 0 Å². The van der Waals surface area contributed by atoms with Crippen molar-refractivity contribution >= 4 is 17.2 Å². The fraction of sp³-hybridized carbons (Fsp3) is 0.471. The molecule has 1 saturated heterocycles. The molecular weight excluding hydrogens is 322 g/mol. The summed E-state index contributed by atoms with van der Waals surface area (Å²) in [6.45, 7) is 6.73. The second kappa shape index (κ2) is 7.60. The summed E-state index contributed by atoms with van der Waals surface area (Å²) in [6.07, 6.45) is 1.71. The average molecular weight is 343 g/mol. The summed E-state index contributed by atoms with van der Waals surface area (Å²) in [6, 6.07) is 4.04. The zero-order valence-electron chi connectivity index (χ0n) is 13.8. The molecule has 2 aromatic rings. The van der Waals surface area contributed by atoms with Gasteiger partial charge in [-0.05, 0) is 35.4 Å². The fourth-order valence-corrected chi connectivity index (χ4v) is 3.67. The minimum Gasteiger partial charge on any atom is -0.353 e. The van der Waals surface area contributed by atoms with E-state index in [9.17, 15) is 10.1 Å². The first-order valence-corrected chi connectivity index (χ1v) is 9.17. The molecule has 0 atom stereocenters. The van der Waals surface area contributed by atoms with Crippen molar-refractivity contribution in [1.82, 2.24) is 14.9 Å². The number of aromatic nitrogens is 2. The zero-order chi connectivity index (χ0) is 16.9. The van der Waals surface area contributed by atoms with E-state index in [0.717, 1.165) is 44.7 Å². The van der Waals surface area contributed by atoms with E-state index in [4.69, 9.17) is 0 Å². The molecule has 2 aromatic heterocycles. The van der Waals surface area contributed by atoms with Gasteiger partial charge >= 0.3 is 0 Å². The van der Waals surface area contributed by atoms with Crippen molar-refractivity contribution in [2.75, 3.05) is 37.6 Å². The lowest BCUT2D eigenvalue weighted by atomic mass is 10.2. The topological polar surface area (TPSA) is 76.0 Å². The number of anilines is 1. The Morgan fingerprint density at radius 1 is 1.38 bits per heavy atom. The number of rotatable bonds is 5. The molecule has 1 N–H and O–H groups in total. The summed E-state index contributed by atoms with van der Waals surface area (Å²) < 4.78 is 0. The van der Waals surface area contributed by atoms with Gasteiger partial charge in [-0.25, -0.2) is 4.98 Å². The molecule has 0 spiro atoms. The molecule has 126 valence electrons. The van der Waals surface area contributed by atoms with E-state index < -0.39 is 0 Å². The molecule has 0 unspecified atom stereocenters. The van der Waals surface area contributed by atoms with Gasteiger partial charge in [-0.15, -0.1) is 0 Å². The highest BCUT2D eigenvalue weighted by atomic mass is 32.1. The Balaban J connectivity index is 1.85. The molecular formula is C17H21N5OS. The standard InChI is InChI=1S/C17H21N5OS/c1-2-4-21-5-7-22(8-6-21)16-14(11-18)17(23)20-15(19-16)10-13-3-9-24-12-13/h3,9,12H,2,4-8,10H2,1H3,(H,19,20,23). The molecule has 1 aliphatic heterocycles. The van der Waals surface area contributed by atoms with Crippen LogP contribution in [0.1, 0.15) is 30.3 Å². The van der Waals surface area contributed by atoms with E-state index in [-0.39, 0.29) is 11.1 Å². The maximum Gasteiger partial charge on any atom is 0.271 e. The summed E-state index contributed by atoms with van der Waals surface area (Å²) >= 11 is 1.62. The lowest BCUT2D eigenvalue weighted by Gasteiger charge is -2.35. The SMILES string of the molecule is CCCN1CCN(c2nc(Cc3ccsc3)[nH]c(=O)c2C#N)CC1. The van der Waals surface area contributed by atoms with Crippen molar-refractivity contribution in [1.29, 1.82) is 5.26 Å². The number of thiophene rings is 1. The van der Waals surface area contributed by atoms with Crippen LogP contribution in [0.5, 0.6) is 0 Å². The summed E-state index contributed by atoms with van der Waals surface area (Å²) in [7, 11) is 0. The van der Waals surface area contributed by atoms with E-state index in [1.807, 2.05) is 22.9 Å². The molecule has 3 heterocycles. The first-order chi connectivity index (χ1) is 11.7. The van der Waals surface area contributed by atoms with Gasteiger partial charge < -0.3 is 9.88 Å². The van der Waals surface area contributed by atoms with Crippen LogP contribution in [0, 0.1) is 11.3 Å². The highest BCUT2D eigenvalue weighted by Crippen LogP contribution is 2.18. The Hall–Kier alpha value is -2.17. The van der Waals surface area contributed by atoms with Crippen LogP contribution in [0.15, 0.2) is 21.6 Å². The number of piperazine rings is 1. The van der Waals surface area contributed by atoms with Crippen molar-refractivity contribution in [2.24, 2.45) is 0 Å². The van der Waals surface area contributed by atoms with Gasteiger partial charge in [0.25, 0.3) is 5.56 Å². The maximum absolute atomic E-state index is 12.3. The van der Waals surface area contributed by atoms with Crippen LogP contribution in [-0.4, -0.2) is 47.6 Å². The van der Waals surface area contributed by atoms with E-state index in [1.165, 1.54) is 0 Å². The van der Waals surface area contributed by atoms with Gasteiger partial charge in [0.2, 0.25) is 0 Å². The Labute approximate surface area is 145 Å². The zero-order valence-corrected chi connectivity index (χ0v) is 14.6. The molecule has 0 aliphatic carbocycles. The molecule has 0 radical (unpaired) electrons. The molecule has 0 amide bonds. The molecule has 1 fully saturated rings. The van der Waals surface area contributed by atoms with Crippen molar-refractivity contribution in [3.8, 4) is 6.07 Å². The minimum absolute atomic E-state index is 0.119. The van der Waals surface area contributed by atoms with Crippen molar-refractivity contribution in [2.45, 2.75) is 19.8 Å². The number of hydrogen-bond donors (Lipinski definition) is 1. The molecule has 24 heavy (non-hydrogen) atoms. The third kappa shape index (κ3) is 3.66. The Kier molecular flexibility index (Phi) is 5.28.